The summed E-state index contributed by atoms with van der Waals surface area (Å²) in [7, 11) is 0. The zero-order valence-corrected chi connectivity index (χ0v) is 18.8. The van der Waals surface area contributed by atoms with Gasteiger partial charge >= 0.3 is 0 Å². The van der Waals surface area contributed by atoms with E-state index in [2.05, 4.69) is 5.32 Å². The normalized spacial score (nSPS) is 11.2. The molecule has 0 aliphatic carbocycles. The van der Waals surface area contributed by atoms with Crippen molar-refractivity contribution in [2.24, 2.45) is 0 Å². The number of rotatable bonds is 6. The molecule has 0 spiro atoms. The Morgan fingerprint density at radius 3 is 2.64 bits per heavy atom. The number of carbonyl (C=O) groups is 1. The molecule has 0 fully saturated rings. The number of nitrogens with one attached hydrogen (secondary N) is 1. The van der Waals surface area contributed by atoms with Crippen molar-refractivity contribution in [3.63, 3.8) is 0 Å². The zero-order chi connectivity index (χ0) is 22.8. The van der Waals surface area contributed by atoms with Crippen molar-refractivity contribution in [2.45, 2.75) is 18.6 Å². The van der Waals surface area contributed by atoms with Crippen LogP contribution in [-0.4, -0.2) is 21.2 Å². The lowest BCUT2D eigenvalue weighted by Crippen LogP contribution is -2.24. The van der Waals surface area contributed by atoms with Gasteiger partial charge in [0, 0.05) is 11.1 Å². The minimum Gasteiger partial charge on any atom is -0.448 e. The van der Waals surface area contributed by atoms with E-state index in [9.17, 15) is 9.59 Å². The molecule has 0 radical (unpaired) electrons. The minimum atomic E-state index is -0.262. The van der Waals surface area contributed by atoms with E-state index in [4.69, 9.17) is 9.40 Å². The summed E-state index contributed by atoms with van der Waals surface area (Å²) in [6.45, 7) is 2.31. The summed E-state index contributed by atoms with van der Waals surface area (Å²) in [5, 5.41) is 4.16. The SMILES string of the molecule is Cc1cccc(NC(=O)CSc2nc3c(oc4ccccc43)c(=O)n2Cc2ccccc2)c1. The van der Waals surface area contributed by atoms with Crippen LogP contribution in [0.5, 0.6) is 0 Å². The smallest absolute Gasteiger partial charge is 0.298 e. The minimum absolute atomic E-state index is 0.121. The van der Waals surface area contributed by atoms with Crippen molar-refractivity contribution in [1.82, 2.24) is 9.55 Å². The van der Waals surface area contributed by atoms with Crippen LogP contribution in [0.3, 0.4) is 0 Å². The third-order valence-electron chi connectivity index (χ3n) is 5.26. The van der Waals surface area contributed by atoms with Crippen LogP contribution in [0.2, 0.25) is 0 Å². The molecule has 7 heteroatoms. The monoisotopic (exact) mass is 455 g/mol. The number of fused-ring (bicyclic) bond motifs is 3. The van der Waals surface area contributed by atoms with E-state index < -0.39 is 0 Å². The number of nitrogens with zero attached hydrogens (tertiary/aromatic N) is 2. The van der Waals surface area contributed by atoms with Crippen LogP contribution >= 0.6 is 11.8 Å². The number of anilines is 1. The molecule has 0 aliphatic heterocycles. The van der Waals surface area contributed by atoms with E-state index in [1.54, 1.807) is 4.57 Å². The van der Waals surface area contributed by atoms with E-state index in [0.29, 0.717) is 22.8 Å². The Kier molecular flexibility index (Phi) is 5.71. The molecule has 0 saturated carbocycles. The Balaban J connectivity index is 1.51. The number of hydrogen-bond donors (Lipinski definition) is 1. The average molecular weight is 456 g/mol. The molecule has 1 amide bonds. The number of furan rings is 1. The highest BCUT2D eigenvalue weighted by Crippen LogP contribution is 2.27. The van der Waals surface area contributed by atoms with E-state index in [-0.39, 0.29) is 22.8 Å². The van der Waals surface area contributed by atoms with Crippen LogP contribution < -0.4 is 10.9 Å². The molecule has 0 atom stereocenters. The molecule has 164 valence electrons. The van der Waals surface area contributed by atoms with Crippen LogP contribution in [0.4, 0.5) is 5.69 Å². The molecular weight excluding hydrogens is 434 g/mol. The van der Waals surface area contributed by atoms with Gasteiger partial charge in [0.25, 0.3) is 5.56 Å². The van der Waals surface area contributed by atoms with Gasteiger partial charge in [0.05, 0.1) is 12.3 Å². The summed E-state index contributed by atoms with van der Waals surface area (Å²) >= 11 is 1.24. The number of aryl methyl sites for hydroxylation is 1. The molecule has 1 N–H and O–H groups in total. The summed E-state index contributed by atoms with van der Waals surface area (Å²) in [5.74, 6) is -0.0422. The zero-order valence-electron chi connectivity index (χ0n) is 17.9. The first-order valence-corrected chi connectivity index (χ1v) is 11.5. The number of para-hydroxylation sites is 1. The van der Waals surface area contributed by atoms with E-state index >= 15 is 0 Å². The highest BCUT2D eigenvalue weighted by atomic mass is 32.2. The first-order valence-electron chi connectivity index (χ1n) is 10.5. The first kappa shape index (κ1) is 21.0. The Labute approximate surface area is 194 Å². The molecule has 2 aromatic heterocycles. The lowest BCUT2D eigenvalue weighted by molar-refractivity contribution is -0.113. The van der Waals surface area contributed by atoms with Crippen LogP contribution in [0, 0.1) is 6.92 Å². The van der Waals surface area contributed by atoms with Gasteiger partial charge in [0.2, 0.25) is 11.5 Å². The summed E-state index contributed by atoms with van der Waals surface area (Å²) in [6.07, 6.45) is 0. The molecule has 0 bridgehead atoms. The summed E-state index contributed by atoms with van der Waals surface area (Å²) < 4.78 is 7.42. The number of hydrogen-bond acceptors (Lipinski definition) is 5. The van der Waals surface area contributed by atoms with Crippen LogP contribution in [0.1, 0.15) is 11.1 Å². The van der Waals surface area contributed by atoms with Gasteiger partial charge < -0.3 is 9.73 Å². The molecule has 5 rings (SSSR count). The second kappa shape index (κ2) is 8.96. The first-order chi connectivity index (χ1) is 16.1. The molecule has 3 aromatic carbocycles. The van der Waals surface area contributed by atoms with Gasteiger partial charge in [-0.05, 0) is 42.3 Å². The Bertz CT molecular complexity index is 1520. The average Bonchev–Trinajstić information content (AvgIpc) is 3.19. The highest BCUT2D eigenvalue weighted by molar-refractivity contribution is 7.99. The molecule has 0 saturated heterocycles. The fourth-order valence-electron chi connectivity index (χ4n) is 3.72. The van der Waals surface area contributed by atoms with E-state index in [1.807, 2.05) is 85.8 Å². The number of amides is 1. The van der Waals surface area contributed by atoms with Crippen LogP contribution in [-0.2, 0) is 11.3 Å². The number of carbonyl (C=O) groups excluding carboxylic acids is 1. The molecule has 0 aliphatic rings. The second-order valence-electron chi connectivity index (χ2n) is 7.75. The van der Waals surface area contributed by atoms with Gasteiger partial charge in [0.1, 0.15) is 11.1 Å². The fraction of sp³-hybridized carbons (Fsp3) is 0.115. The predicted octanol–water partition coefficient (Wildman–Crippen LogP) is 5.23. The van der Waals surface area contributed by atoms with Gasteiger partial charge in [-0.15, -0.1) is 0 Å². The molecule has 33 heavy (non-hydrogen) atoms. The van der Waals surface area contributed by atoms with Crippen LogP contribution in [0.15, 0.2) is 93.2 Å². The topological polar surface area (TPSA) is 77.1 Å². The number of benzene rings is 3. The summed E-state index contributed by atoms with van der Waals surface area (Å²) in [5.41, 5.74) is 3.86. The number of aromatic nitrogens is 2. The molecule has 6 nitrogen and oxygen atoms in total. The van der Waals surface area contributed by atoms with Crippen molar-refractivity contribution in [3.05, 3.63) is 100 Å². The van der Waals surface area contributed by atoms with Crippen molar-refractivity contribution in [3.8, 4) is 0 Å². The van der Waals surface area contributed by atoms with Crippen molar-refractivity contribution in [2.75, 3.05) is 11.1 Å². The Morgan fingerprint density at radius 2 is 1.82 bits per heavy atom. The largest absolute Gasteiger partial charge is 0.448 e. The second-order valence-corrected chi connectivity index (χ2v) is 8.70. The summed E-state index contributed by atoms with van der Waals surface area (Å²) in [6, 6.07) is 24.8. The van der Waals surface area contributed by atoms with Crippen molar-refractivity contribution >= 4 is 45.4 Å². The van der Waals surface area contributed by atoms with Gasteiger partial charge in [0.15, 0.2) is 5.16 Å². The van der Waals surface area contributed by atoms with E-state index in [0.717, 1.165) is 22.2 Å². The molecule has 5 aromatic rings. The molecular formula is C26H21N3O3S. The number of thioether (sulfide) groups is 1. The Hall–Kier alpha value is -3.84. The van der Waals surface area contributed by atoms with Crippen molar-refractivity contribution < 1.29 is 9.21 Å². The molecule has 2 heterocycles. The lowest BCUT2D eigenvalue weighted by atomic mass is 10.2. The maximum Gasteiger partial charge on any atom is 0.298 e. The van der Waals surface area contributed by atoms with Gasteiger partial charge in [-0.1, -0.05) is 66.4 Å². The van der Waals surface area contributed by atoms with Crippen LogP contribution in [0.25, 0.3) is 22.1 Å². The lowest BCUT2D eigenvalue weighted by Gasteiger charge is -2.12. The van der Waals surface area contributed by atoms with Gasteiger partial charge in [-0.25, -0.2) is 4.98 Å². The highest BCUT2D eigenvalue weighted by Gasteiger charge is 2.19. The maximum absolute atomic E-state index is 13.4. The standard InChI is InChI=1S/C26H21N3O3S/c1-17-8-7-11-19(14-17)27-22(30)16-33-26-28-23-20-12-5-6-13-21(20)32-24(23)25(31)29(26)15-18-9-3-2-4-10-18/h2-14H,15-16H2,1H3,(H,27,30). The predicted molar refractivity (Wildman–Crippen MR) is 132 cm³/mol. The van der Waals surface area contributed by atoms with Crippen molar-refractivity contribution in [1.29, 1.82) is 0 Å². The third kappa shape index (κ3) is 4.40. The fourth-order valence-corrected chi connectivity index (χ4v) is 4.51. The quantitative estimate of drug-likeness (QED) is 0.280. The van der Waals surface area contributed by atoms with E-state index in [1.165, 1.54) is 11.8 Å². The Morgan fingerprint density at radius 1 is 1.03 bits per heavy atom. The maximum atomic E-state index is 13.4. The van der Waals surface area contributed by atoms with Gasteiger partial charge in [-0.2, -0.15) is 0 Å². The third-order valence-corrected chi connectivity index (χ3v) is 6.24. The molecule has 0 unspecified atom stereocenters. The summed E-state index contributed by atoms with van der Waals surface area (Å²) in [4.78, 5) is 30.8. The van der Waals surface area contributed by atoms with Gasteiger partial charge in [-0.3, -0.25) is 14.2 Å².